The fraction of sp³-hybridized carbons (Fsp3) is 0.889. The number of rotatable bonds is 1. The molecule has 1 aliphatic heterocycles. The molecule has 0 spiro atoms. The predicted molar refractivity (Wildman–Crippen MR) is 44.4 cm³/mol. The highest BCUT2D eigenvalue weighted by Crippen LogP contribution is 2.33. The Bertz CT molecular complexity index is 207. The van der Waals surface area contributed by atoms with E-state index in [0.29, 0.717) is 19.4 Å². The van der Waals surface area contributed by atoms with Crippen LogP contribution in [0.1, 0.15) is 33.1 Å². The minimum absolute atomic E-state index is 0.208. The lowest BCUT2D eigenvalue weighted by molar-refractivity contribution is -0.141. The zero-order valence-electron chi connectivity index (χ0n) is 7.63. The Balaban J connectivity index is 2.62. The van der Waals surface area contributed by atoms with Gasteiger partial charge in [-0.15, -0.1) is 0 Å². The maximum absolute atomic E-state index is 9.90. The average Bonchev–Trinajstić information content (AvgIpc) is 1.83. The van der Waals surface area contributed by atoms with Gasteiger partial charge in [-0.1, -0.05) is 0 Å². The van der Waals surface area contributed by atoms with Crippen molar-refractivity contribution in [3.05, 3.63) is 0 Å². The summed E-state index contributed by atoms with van der Waals surface area (Å²) >= 11 is 0. The molecule has 0 aromatic carbocycles. The minimum Gasteiger partial charge on any atom is -0.389 e. The number of nitriles is 1. The molecule has 12 heavy (non-hydrogen) atoms. The lowest BCUT2D eigenvalue weighted by Gasteiger charge is -2.40. The number of ether oxygens (including phenoxy) is 1. The molecular weight excluding hydrogens is 154 g/mol. The van der Waals surface area contributed by atoms with E-state index in [-0.39, 0.29) is 12.0 Å². The second-order valence-electron chi connectivity index (χ2n) is 4.09. The molecular formula is C9H15NO2. The van der Waals surface area contributed by atoms with Gasteiger partial charge in [0.2, 0.25) is 0 Å². The Morgan fingerprint density at radius 2 is 2.25 bits per heavy atom. The van der Waals surface area contributed by atoms with Crippen LogP contribution in [0.5, 0.6) is 0 Å². The molecule has 0 amide bonds. The Morgan fingerprint density at radius 1 is 1.58 bits per heavy atom. The van der Waals surface area contributed by atoms with Gasteiger partial charge in [0.25, 0.3) is 0 Å². The van der Waals surface area contributed by atoms with Gasteiger partial charge in [0.05, 0.1) is 30.3 Å². The quantitative estimate of drug-likeness (QED) is 0.642. The summed E-state index contributed by atoms with van der Waals surface area (Å²) in [6.45, 7) is 4.42. The van der Waals surface area contributed by atoms with E-state index in [9.17, 15) is 5.11 Å². The summed E-state index contributed by atoms with van der Waals surface area (Å²) in [5.74, 6) is 0. The third kappa shape index (κ3) is 2.20. The first kappa shape index (κ1) is 9.50. The lowest BCUT2D eigenvalue weighted by Crippen LogP contribution is -2.45. The second kappa shape index (κ2) is 3.04. The normalized spacial score (nSPS) is 34.2. The van der Waals surface area contributed by atoms with Crippen LogP contribution in [0.15, 0.2) is 0 Å². The molecule has 0 aliphatic carbocycles. The number of hydrogen-bond acceptors (Lipinski definition) is 3. The molecule has 1 heterocycles. The largest absolute Gasteiger partial charge is 0.389 e. The maximum atomic E-state index is 9.90. The van der Waals surface area contributed by atoms with Crippen molar-refractivity contribution in [2.24, 2.45) is 0 Å². The van der Waals surface area contributed by atoms with Gasteiger partial charge in [-0.2, -0.15) is 5.26 Å². The third-order valence-corrected chi connectivity index (χ3v) is 2.22. The van der Waals surface area contributed by atoms with Crippen LogP contribution in [0.2, 0.25) is 0 Å². The van der Waals surface area contributed by atoms with Crippen LogP contribution in [-0.2, 0) is 4.74 Å². The SMILES string of the molecule is CC1(C)CC(O)(CC#N)CCO1. The van der Waals surface area contributed by atoms with Gasteiger partial charge in [0.15, 0.2) is 0 Å². The molecule has 0 aromatic rings. The Morgan fingerprint density at radius 3 is 2.75 bits per heavy atom. The predicted octanol–water partition coefficient (Wildman–Crippen LogP) is 1.22. The highest BCUT2D eigenvalue weighted by molar-refractivity contribution is 4.95. The molecule has 3 nitrogen and oxygen atoms in total. The first-order valence-electron chi connectivity index (χ1n) is 4.21. The first-order valence-corrected chi connectivity index (χ1v) is 4.21. The molecule has 1 atom stereocenters. The van der Waals surface area contributed by atoms with Crippen molar-refractivity contribution in [2.45, 2.75) is 44.3 Å². The fourth-order valence-electron chi connectivity index (χ4n) is 1.75. The van der Waals surface area contributed by atoms with Gasteiger partial charge in [-0.25, -0.2) is 0 Å². The molecule has 1 fully saturated rings. The monoisotopic (exact) mass is 169 g/mol. The highest BCUT2D eigenvalue weighted by Gasteiger charge is 2.38. The van der Waals surface area contributed by atoms with Crippen LogP contribution < -0.4 is 0 Å². The summed E-state index contributed by atoms with van der Waals surface area (Å²) in [4.78, 5) is 0. The van der Waals surface area contributed by atoms with Gasteiger partial charge >= 0.3 is 0 Å². The molecule has 1 rings (SSSR count). The molecule has 0 aromatic heterocycles. The van der Waals surface area contributed by atoms with E-state index < -0.39 is 5.60 Å². The van der Waals surface area contributed by atoms with Crippen LogP contribution in [0, 0.1) is 11.3 Å². The van der Waals surface area contributed by atoms with Gasteiger partial charge < -0.3 is 9.84 Å². The van der Waals surface area contributed by atoms with Crippen molar-refractivity contribution >= 4 is 0 Å². The van der Waals surface area contributed by atoms with E-state index in [1.807, 2.05) is 19.9 Å². The summed E-state index contributed by atoms with van der Waals surface area (Å²) < 4.78 is 5.44. The van der Waals surface area contributed by atoms with Gasteiger partial charge in [0.1, 0.15) is 0 Å². The third-order valence-electron chi connectivity index (χ3n) is 2.22. The second-order valence-corrected chi connectivity index (χ2v) is 4.09. The maximum Gasteiger partial charge on any atom is 0.0826 e. The summed E-state index contributed by atoms with van der Waals surface area (Å²) in [5, 5.41) is 18.4. The van der Waals surface area contributed by atoms with Crippen molar-refractivity contribution in [2.75, 3.05) is 6.61 Å². The van der Waals surface area contributed by atoms with E-state index in [1.165, 1.54) is 0 Å². The Labute approximate surface area is 73.0 Å². The molecule has 0 saturated carbocycles. The van der Waals surface area contributed by atoms with Gasteiger partial charge in [-0.05, 0) is 13.8 Å². The molecule has 3 heteroatoms. The summed E-state index contributed by atoms with van der Waals surface area (Å²) in [6, 6.07) is 2.01. The standard InChI is InChI=1S/C9H15NO2/c1-8(2)7-9(11,3-5-10)4-6-12-8/h11H,3-4,6-7H2,1-2H3. The first-order chi connectivity index (χ1) is 5.47. The van der Waals surface area contributed by atoms with Crippen LogP contribution in [-0.4, -0.2) is 22.9 Å². The van der Waals surface area contributed by atoms with E-state index in [4.69, 9.17) is 10.00 Å². The minimum atomic E-state index is -0.823. The van der Waals surface area contributed by atoms with Gasteiger partial charge in [0, 0.05) is 12.8 Å². The van der Waals surface area contributed by atoms with Crippen molar-refractivity contribution < 1.29 is 9.84 Å². The lowest BCUT2D eigenvalue weighted by atomic mass is 9.82. The summed E-state index contributed by atoms with van der Waals surface area (Å²) in [7, 11) is 0. The Hall–Kier alpha value is -0.590. The molecule has 68 valence electrons. The topological polar surface area (TPSA) is 53.2 Å². The van der Waals surface area contributed by atoms with Crippen molar-refractivity contribution in [3.8, 4) is 6.07 Å². The van der Waals surface area contributed by atoms with Crippen molar-refractivity contribution in [3.63, 3.8) is 0 Å². The van der Waals surface area contributed by atoms with Crippen molar-refractivity contribution in [1.29, 1.82) is 5.26 Å². The van der Waals surface area contributed by atoms with Crippen LogP contribution in [0.25, 0.3) is 0 Å². The molecule has 1 aliphatic rings. The van der Waals surface area contributed by atoms with Crippen LogP contribution >= 0.6 is 0 Å². The molecule has 1 saturated heterocycles. The van der Waals surface area contributed by atoms with Crippen LogP contribution in [0.3, 0.4) is 0 Å². The van der Waals surface area contributed by atoms with E-state index in [2.05, 4.69) is 0 Å². The number of nitrogens with zero attached hydrogens (tertiary/aromatic N) is 1. The number of hydrogen-bond donors (Lipinski definition) is 1. The van der Waals surface area contributed by atoms with Crippen LogP contribution in [0.4, 0.5) is 0 Å². The summed E-state index contributed by atoms with van der Waals surface area (Å²) in [6.07, 6.45) is 1.33. The zero-order valence-corrected chi connectivity index (χ0v) is 7.63. The fourth-order valence-corrected chi connectivity index (χ4v) is 1.75. The zero-order chi connectivity index (χ0) is 9.24. The number of aliphatic hydroxyl groups is 1. The van der Waals surface area contributed by atoms with Crippen molar-refractivity contribution in [1.82, 2.24) is 0 Å². The molecule has 0 bridgehead atoms. The van der Waals surface area contributed by atoms with E-state index in [0.717, 1.165) is 0 Å². The molecule has 0 radical (unpaired) electrons. The van der Waals surface area contributed by atoms with E-state index >= 15 is 0 Å². The average molecular weight is 169 g/mol. The van der Waals surface area contributed by atoms with Gasteiger partial charge in [-0.3, -0.25) is 0 Å². The molecule has 1 unspecified atom stereocenters. The molecule has 1 N–H and O–H groups in total. The van der Waals surface area contributed by atoms with E-state index in [1.54, 1.807) is 0 Å². The highest BCUT2D eigenvalue weighted by atomic mass is 16.5. The Kier molecular flexibility index (Phi) is 2.41. The summed E-state index contributed by atoms with van der Waals surface area (Å²) in [5.41, 5.74) is -1.11. The smallest absolute Gasteiger partial charge is 0.0826 e.